The van der Waals surface area contributed by atoms with Gasteiger partial charge in [-0.1, -0.05) is 18.2 Å². The Hall–Kier alpha value is -2.43. The molecule has 18 heavy (non-hydrogen) atoms. The van der Waals surface area contributed by atoms with Gasteiger partial charge in [0.25, 0.3) is 5.56 Å². The van der Waals surface area contributed by atoms with Gasteiger partial charge in [0.05, 0.1) is 18.1 Å². The predicted molar refractivity (Wildman–Crippen MR) is 68.3 cm³/mol. The van der Waals surface area contributed by atoms with Gasteiger partial charge in [-0.3, -0.25) is 9.36 Å². The van der Waals surface area contributed by atoms with Gasteiger partial charge in [0.2, 0.25) is 5.69 Å². The number of carbonyl (C=O) groups is 1. The normalized spacial score (nSPS) is 11.0. The second kappa shape index (κ2) is 4.83. The van der Waals surface area contributed by atoms with Gasteiger partial charge in [0.1, 0.15) is 0 Å². The maximum absolute atomic E-state index is 12.1. The number of hydrogen-bond acceptors (Lipinski definition) is 4. The lowest BCUT2D eigenvalue weighted by Gasteiger charge is -2.07. The number of ether oxygens (including phenoxy) is 1. The van der Waals surface area contributed by atoms with Crippen molar-refractivity contribution in [3.05, 3.63) is 46.4 Å². The Morgan fingerprint density at radius 3 is 2.78 bits per heavy atom. The van der Waals surface area contributed by atoms with Crippen molar-refractivity contribution in [2.75, 3.05) is 7.11 Å². The van der Waals surface area contributed by atoms with E-state index in [4.69, 9.17) is 0 Å². The highest BCUT2D eigenvalue weighted by molar-refractivity contribution is 5.90. The molecule has 0 fully saturated rings. The molecule has 0 atom stereocenters. The molecular formula is C13H12N2O3. The van der Waals surface area contributed by atoms with Crippen LogP contribution in [0.2, 0.25) is 0 Å². The van der Waals surface area contributed by atoms with E-state index in [0.29, 0.717) is 11.0 Å². The number of esters is 1. The van der Waals surface area contributed by atoms with Crippen molar-refractivity contribution in [3.8, 4) is 0 Å². The number of hydrogen-bond donors (Lipinski definition) is 0. The zero-order valence-corrected chi connectivity index (χ0v) is 10.1. The second-order valence-electron chi connectivity index (χ2n) is 3.60. The zero-order chi connectivity index (χ0) is 13.1. The van der Waals surface area contributed by atoms with Crippen molar-refractivity contribution in [2.24, 2.45) is 0 Å². The standard InChI is InChI=1S/C13H12N2O3/c1-3-8-15-10-7-5-4-6-9(10)14-11(12(15)16)13(17)18-2/h3-8H,1-2H3. The van der Waals surface area contributed by atoms with Gasteiger partial charge in [0.15, 0.2) is 0 Å². The van der Waals surface area contributed by atoms with Crippen LogP contribution in [0.3, 0.4) is 0 Å². The van der Waals surface area contributed by atoms with Crippen LogP contribution in [0.1, 0.15) is 17.4 Å². The number of allylic oxidation sites excluding steroid dienone is 1. The lowest BCUT2D eigenvalue weighted by molar-refractivity contribution is 0.0592. The van der Waals surface area contributed by atoms with Gasteiger partial charge in [-0.2, -0.15) is 0 Å². The minimum Gasteiger partial charge on any atom is -0.464 e. The quantitative estimate of drug-likeness (QED) is 0.754. The molecule has 0 unspecified atom stereocenters. The molecule has 0 saturated carbocycles. The molecule has 1 heterocycles. The van der Waals surface area contributed by atoms with Crippen LogP contribution in [0.5, 0.6) is 0 Å². The number of para-hydroxylation sites is 2. The number of aromatic nitrogens is 2. The summed E-state index contributed by atoms with van der Waals surface area (Å²) in [5.74, 6) is -0.732. The first-order valence-electron chi connectivity index (χ1n) is 5.41. The van der Waals surface area contributed by atoms with E-state index in [1.165, 1.54) is 11.7 Å². The van der Waals surface area contributed by atoms with E-state index in [1.807, 2.05) is 0 Å². The van der Waals surface area contributed by atoms with Crippen molar-refractivity contribution in [1.82, 2.24) is 9.55 Å². The van der Waals surface area contributed by atoms with Gasteiger partial charge < -0.3 is 4.74 Å². The van der Waals surface area contributed by atoms with Crippen molar-refractivity contribution in [2.45, 2.75) is 6.92 Å². The molecule has 1 aromatic carbocycles. The molecule has 0 spiro atoms. The highest BCUT2D eigenvalue weighted by atomic mass is 16.5. The van der Waals surface area contributed by atoms with E-state index in [2.05, 4.69) is 9.72 Å². The summed E-state index contributed by atoms with van der Waals surface area (Å²) in [6.07, 6.45) is 3.31. The largest absolute Gasteiger partial charge is 0.464 e. The van der Waals surface area contributed by atoms with Crippen LogP contribution in [0, 0.1) is 0 Å². The molecule has 0 aliphatic heterocycles. The number of benzene rings is 1. The number of methoxy groups -OCH3 is 1. The van der Waals surface area contributed by atoms with Gasteiger partial charge in [-0.15, -0.1) is 0 Å². The summed E-state index contributed by atoms with van der Waals surface area (Å²) in [4.78, 5) is 27.7. The summed E-state index contributed by atoms with van der Waals surface area (Å²) in [5.41, 5.74) is 0.511. The smallest absolute Gasteiger partial charge is 0.362 e. The van der Waals surface area contributed by atoms with Crippen LogP contribution in [0.25, 0.3) is 17.2 Å². The molecule has 1 aromatic heterocycles. The second-order valence-corrected chi connectivity index (χ2v) is 3.60. The van der Waals surface area contributed by atoms with Crippen molar-refractivity contribution in [1.29, 1.82) is 0 Å². The van der Waals surface area contributed by atoms with Crippen LogP contribution >= 0.6 is 0 Å². The monoisotopic (exact) mass is 244 g/mol. The molecule has 2 aromatic rings. The van der Waals surface area contributed by atoms with E-state index in [-0.39, 0.29) is 5.69 Å². The summed E-state index contributed by atoms with van der Waals surface area (Å²) in [5, 5.41) is 0. The fraction of sp³-hybridized carbons (Fsp3) is 0.154. The minimum atomic E-state index is -0.732. The Morgan fingerprint density at radius 1 is 1.39 bits per heavy atom. The Balaban J connectivity index is 2.88. The van der Waals surface area contributed by atoms with E-state index in [0.717, 1.165) is 0 Å². The fourth-order valence-corrected chi connectivity index (χ4v) is 1.68. The molecule has 5 heteroatoms. The van der Waals surface area contributed by atoms with Crippen LogP contribution in [-0.2, 0) is 4.74 Å². The average molecular weight is 244 g/mol. The Morgan fingerprint density at radius 2 is 2.11 bits per heavy atom. The summed E-state index contributed by atoms with van der Waals surface area (Å²) in [6.45, 7) is 1.79. The molecule has 2 rings (SSSR count). The third kappa shape index (κ3) is 1.90. The van der Waals surface area contributed by atoms with Gasteiger partial charge in [-0.25, -0.2) is 9.78 Å². The first-order chi connectivity index (χ1) is 8.69. The lowest BCUT2D eigenvalue weighted by Crippen LogP contribution is -2.26. The molecule has 5 nitrogen and oxygen atoms in total. The van der Waals surface area contributed by atoms with E-state index < -0.39 is 11.5 Å². The molecule has 0 aliphatic carbocycles. The molecular weight excluding hydrogens is 232 g/mol. The predicted octanol–water partition coefficient (Wildman–Crippen LogP) is 1.67. The van der Waals surface area contributed by atoms with Crippen LogP contribution in [0.4, 0.5) is 0 Å². The highest BCUT2D eigenvalue weighted by Crippen LogP contribution is 2.10. The van der Waals surface area contributed by atoms with Crippen LogP contribution in [0.15, 0.2) is 35.1 Å². The van der Waals surface area contributed by atoms with Crippen molar-refractivity contribution < 1.29 is 9.53 Å². The Bertz CT molecular complexity index is 686. The number of fused-ring (bicyclic) bond motifs is 1. The summed E-state index contributed by atoms with van der Waals surface area (Å²) in [7, 11) is 1.22. The third-order valence-corrected chi connectivity index (χ3v) is 2.47. The molecule has 0 saturated heterocycles. The third-order valence-electron chi connectivity index (χ3n) is 2.47. The number of carbonyl (C=O) groups excluding carboxylic acids is 1. The van der Waals surface area contributed by atoms with Gasteiger partial charge in [-0.05, 0) is 19.1 Å². The van der Waals surface area contributed by atoms with Crippen molar-refractivity contribution in [3.63, 3.8) is 0 Å². The molecule has 0 N–H and O–H groups in total. The number of nitrogens with zero attached hydrogens (tertiary/aromatic N) is 2. The summed E-state index contributed by atoms with van der Waals surface area (Å²) in [6, 6.07) is 7.11. The van der Waals surface area contributed by atoms with Crippen LogP contribution < -0.4 is 5.56 Å². The first-order valence-corrected chi connectivity index (χ1v) is 5.41. The minimum absolute atomic E-state index is 0.214. The Kier molecular flexibility index (Phi) is 3.23. The zero-order valence-electron chi connectivity index (χ0n) is 10.1. The average Bonchev–Trinajstić information content (AvgIpc) is 2.41. The lowest BCUT2D eigenvalue weighted by atomic mass is 10.2. The molecule has 0 amide bonds. The molecule has 0 radical (unpaired) electrons. The van der Waals surface area contributed by atoms with Gasteiger partial charge in [0, 0.05) is 6.20 Å². The molecule has 0 bridgehead atoms. The van der Waals surface area contributed by atoms with E-state index >= 15 is 0 Å². The van der Waals surface area contributed by atoms with Gasteiger partial charge >= 0.3 is 5.97 Å². The number of rotatable bonds is 2. The van der Waals surface area contributed by atoms with Crippen LogP contribution in [-0.4, -0.2) is 22.6 Å². The summed E-state index contributed by atoms with van der Waals surface area (Å²) >= 11 is 0. The maximum Gasteiger partial charge on any atom is 0.362 e. The summed E-state index contributed by atoms with van der Waals surface area (Å²) < 4.78 is 5.94. The Labute approximate surface area is 103 Å². The molecule has 92 valence electrons. The first kappa shape index (κ1) is 12.0. The van der Waals surface area contributed by atoms with E-state index in [9.17, 15) is 9.59 Å². The topological polar surface area (TPSA) is 61.2 Å². The fourth-order valence-electron chi connectivity index (χ4n) is 1.68. The van der Waals surface area contributed by atoms with E-state index in [1.54, 1.807) is 43.5 Å². The molecule has 0 aliphatic rings. The highest BCUT2D eigenvalue weighted by Gasteiger charge is 2.16. The SMILES string of the molecule is CC=Cn1c(=O)c(C(=O)OC)nc2ccccc21. The van der Waals surface area contributed by atoms with Crippen molar-refractivity contribution >= 4 is 23.2 Å². The maximum atomic E-state index is 12.1.